The van der Waals surface area contributed by atoms with Crippen molar-refractivity contribution in [1.29, 1.82) is 0 Å². The second kappa shape index (κ2) is 13.8. The lowest BCUT2D eigenvalue weighted by molar-refractivity contribution is -0.0167. The smallest absolute Gasteiger partial charge is 0.390 e. The second-order valence-electron chi connectivity index (χ2n) is 8.45. The van der Waals surface area contributed by atoms with Crippen LogP contribution in [-0.4, -0.2) is 71.5 Å². The van der Waals surface area contributed by atoms with E-state index in [0.717, 1.165) is 0 Å². The highest BCUT2D eigenvalue weighted by atomic mass is 31.3. The Bertz CT molecular complexity index is 1170. The van der Waals surface area contributed by atoms with Gasteiger partial charge in [0.1, 0.15) is 6.10 Å². The number of ether oxygens (including phenoxy) is 1. The molecule has 238 valence electrons. The molecule has 1 saturated heterocycles. The first-order valence-corrected chi connectivity index (χ1v) is 19.8. The molecule has 40 heavy (non-hydrogen) atoms. The van der Waals surface area contributed by atoms with Gasteiger partial charge in [0.2, 0.25) is 0 Å². The van der Waals surface area contributed by atoms with E-state index in [0.29, 0.717) is 12.8 Å². The van der Waals surface area contributed by atoms with Crippen molar-refractivity contribution >= 4 is 46.9 Å². The number of aliphatic hydroxyl groups is 1. The summed E-state index contributed by atoms with van der Waals surface area (Å²) < 4.78 is 104. The summed E-state index contributed by atoms with van der Waals surface area (Å²) >= 11 is 0. The number of hydrogen-bond acceptors (Lipinski definition) is 16. The van der Waals surface area contributed by atoms with Gasteiger partial charge >= 0.3 is 46.9 Å². The number of nitrogens with two attached hydrogens (primary N) is 1. The largest absolute Gasteiger partial charge is 0.490 e. The minimum absolute atomic E-state index is 0.130. The van der Waals surface area contributed by atoms with Gasteiger partial charge in [-0.2, -0.15) is 21.6 Å². The van der Waals surface area contributed by atoms with Crippen molar-refractivity contribution in [1.82, 2.24) is 0 Å². The summed E-state index contributed by atoms with van der Waals surface area (Å²) in [6.07, 6.45) is -2.52. The van der Waals surface area contributed by atoms with Crippen LogP contribution in [0.2, 0.25) is 0 Å². The van der Waals surface area contributed by atoms with Crippen LogP contribution >= 0.6 is 46.9 Å². The molecule has 0 aromatic rings. The maximum absolute atomic E-state index is 12.0. The molecule has 9 N–H and O–H groups in total. The van der Waals surface area contributed by atoms with E-state index in [9.17, 15) is 61.9 Å². The minimum atomic E-state index is -6.34. The molecule has 0 aromatic heterocycles. The van der Waals surface area contributed by atoms with Gasteiger partial charge in [0.25, 0.3) is 0 Å². The fourth-order valence-corrected chi connectivity index (χ4v) is 11.4. The summed E-state index contributed by atoms with van der Waals surface area (Å²) in [6.45, 7) is 0.702. The van der Waals surface area contributed by atoms with Crippen LogP contribution in [0.1, 0.15) is 39.0 Å². The molecule has 22 nitrogen and oxygen atoms in total. The second-order valence-corrected chi connectivity index (χ2v) is 17.8. The molecule has 2 aliphatic rings. The first kappa shape index (κ1) is 36.9. The maximum Gasteiger partial charge on any atom is 0.490 e. The average Bonchev–Trinajstić information content (AvgIpc) is 3.00. The fourth-order valence-electron chi connectivity index (χ4n) is 3.39. The van der Waals surface area contributed by atoms with Crippen LogP contribution in [0.3, 0.4) is 0 Å². The molecule has 1 saturated carbocycles. The van der Waals surface area contributed by atoms with Gasteiger partial charge in [-0.3, -0.25) is 9.05 Å². The quantitative estimate of drug-likeness (QED) is 0.112. The van der Waals surface area contributed by atoms with Crippen molar-refractivity contribution in [3.8, 4) is 0 Å². The minimum Gasteiger partial charge on any atom is -0.390 e. The van der Waals surface area contributed by atoms with Crippen molar-refractivity contribution in [3.63, 3.8) is 0 Å². The zero-order valence-corrected chi connectivity index (χ0v) is 25.6. The van der Waals surface area contributed by atoms with Crippen LogP contribution in [0.5, 0.6) is 0 Å². The third-order valence-corrected chi connectivity index (χ3v) is 14.1. The van der Waals surface area contributed by atoms with Crippen molar-refractivity contribution in [3.05, 3.63) is 0 Å². The van der Waals surface area contributed by atoms with Crippen LogP contribution in [-0.2, 0) is 62.7 Å². The van der Waals surface area contributed by atoms with Crippen molar-refractivity contribution in [2.75, 3.05) is 6.61 Å². The van der Waals surface area contributed by atoms with Gasteiger partial charge in [0, 0.05) is 12.5 Å². The standard InChI is InChI=1S/C12H29NO21P6/c1-8-6-11(14)12(28-8)7-27-35(15,16)30-37(19,20)32-39(23,24)34-40(25,26)33-38(21,22)31-36(17,18)29-10-4-2-9(13)3-5-10/h8-12,14H,2-7,13H2,1H3,(H,15,16)(H,17,18)(H,19,20)(H,21,22)(H,23,24)(H,25,26)/t8-,9?,10?,11?,12+/m0/s1. The predicted molar refractivity (Wildman–Crippen MR) is 127 cm³/mol. The number of rotatable bonds is 15. The summed E-state index contributed by atoms with van der Waals surface area (Å²) in [6, 6.07) is -0.208. The Balaban J connectivity index is 1.94. The molecule has 2 fully saturated rings. The van der Waals surface area contributed by atoms with Crippen LogP contribution in [0.25, 0.3) is 0 Å². The van der Waals surface area contributed by atoms with Crippen LogP contribution < -0.4 is 5.73 Å². The van der Waals surface area contributed by atoms with Crippen molar-refractivity contribution in [2.45, 2.75) is 69.5 Å². The Morgan fingerprint density at radius 3 is 1.50 bits per heavy atom. The monoisotopic (exact) mass is 709 g/mol. The van der Waals surface area contributed by atoms with E-state index in [1.165, 1.54) is 0 Å². The normalized spacial score (nSPS) is 34.9. The summed E-state index contributed by atoms with van der Waals surface area (Å²) in [5, 5.41) is 9.69. The topological polar surface area (TPSA) is 344 Å². The SMILES string of the molecule is C[C@H]1CC(O)[C@@H](COP(=O)(O)OP(=O)(O)OP(=O)(O)OP(=O)(O)OP(=O)(O)OP(=O)(O)OC2CCC(N)CC2)O1. The van der Waals surface area contributed by atoms with Crippen molar-refractivity contribution in [2.24, 2.45) is 5.73 Å². The molecule has 9 atom stereocenters. The summed E-state index contributed by atoms with van der Waals surface area (Å²) in [7, 11) is -36.0. The highest BCUT2D eigenvalue weighted by molar-refractivity contribution is 7.72. The van der Waals surface area contributed by atoms with Gasteiger partial charge in [-0.25, -0.2) is 27.4 Å². The molecule has 0 amide bonds. The average molecular weight is 709 g/mol. The van der Waals surface area contributed by atoms with Crippen LogP contribution in [0.4, 0.5) is 0 Å². The van der Waals surface area contributed by atoms with Gasteiger partial charge in [-0.15, -0.1) is 0 Å². The third kappa shape index (κ3) is 13.6. The van der Waals surface area contributed by atoms with E-state index in [-0.39, 0.29) is 25.3 Å². The Labute approximate surface area is 226 Å². The van der Waals surface area contributed by atoms with E-state index in [1.54, 1.807) is 6.92 Å². The number of phosphoric ester groups is 2. The number of phosphoric acid groups is 6. The molecule has 0 spiro atoms. The van der Waals surface area contributed by atoms with Crippen LogP contribution in [0.15, 0.2) is 0 Å². The van der Waals surface area contributed by atoms with Gasteiger partial charge in [0.05, 0.1) is 24.9 Å². The van der Waals surface area contributed by atoms with E-state index in [1.807, 2.05) is 0 Å². The highest BCUT2D eigenvalue weighted by Crippen LogP contribution is 2.75. The Hall–Kier alpha value is 0.740. The summed E-state index contributed by atoms with van der Waals surface area (Å²) in [5.41, 5.74) is 5.66. The highest BCUT2D eigenvalue weighted by Gasteiger charge is 2.50. The number of aliphatic hydroxyl groups excluding tert-OH is 1. The predicted octanol–water partition coefficient (Wildman–Crippen LogP) is 1.51. The Morgan fingerprint density at radius 1 is 0.700 bits per heavy atom. The molecule has 1 heterocycles. The molecule has 0 radical (unpaired) electrons. The Kier molecular flexibility index (Phi) is 12.7. The van der Waals surface area contributed by atoms with Gasteiger partial charge < -0.3 is 44.9 Å². The molecule has 1 aliphatic heterocycles. The Morgan fingerprint density at radius 2 is 1.10 bits per heavy atom. The van der Waals surface area contributed by atoms with Gasteiger partial charge in [-0.1, -0.05) is 0 Å². The lowest BCUT2D eigenvalue weighted by Crippen LogP contribution is -2.29. The molecular formula is C12H29NO21P6. The third-order valence-electron chi connectivity index (χ3n) is 4.84. The number of hydrogen-bond donors (Lipinski definition) is 8. The summed E-state index contributed by atoms with van der Waals surface area (Å²) in [5.74, 6) is 0. The lowest BCUT2D eigenvalue weighted by Gasteiger charge is -2.27. The first-order valence-electron chi connectivity index (χ1n) is 10.8. The molecule has 2 rings (SSSR count). The van der Waals surface area contributed by atoms with Crippen molar-refractivity contribution < 1.29 is 97.2 Å². The first-order chi connectivity index (χ1) is 17.9. The van der Waals surface area contributed by atoms with E-state index in [2.05, 4.69) is 30.6 Å². The summed E-state index contributed by atoms with van der Waals surface area (Å²) in [4.78, 5) is 57.2. The van der Waals surface area contributed by atoms with Crippen LogP contribution in [0, 0.1) is 0 Å². The zero-order valence-electron chi connectivity index (χ0n) is 20.2. The molecular weight excluding hydrogens is 680 g/mol. The maximum atomic E-state index is 12.0. The van der Waals surface area contributed by atoms with E-state index in [4.69, 9.17) is 10.5 Å². The van der Waals surface area contributed by atoms with E-state index >= 15 is 0 Å². The molecule has 1 aliphatic carbocycles. The van der Waals surface area contributed by atoms with Gasteiger partial charge in [-0.05, 0) is 32.6 Å². The molecule has 0 bridgehead atoms. The molecule has 28 heteroatoms. The van der Waals surface area contributed by atoms with Gasteiger partial charge in [0.15, 0.2) is 0 Å². The zero-order chi connectivity index (χ0) is 30.8. The molecule has 7 unspecified atom stereocenters. The lowest BCUT2D eigenvalue weighted by atomic mass is 9.94. The fraction of sp³-hybridized carbons (Fsp3) is 1.00. The van der Waals surface area contributed by atoms with E-state index < -0.39 is 78.0 Å². The molecule has 0 aromatic carbocycles.